The van der Waals surface area contributed by atoms with Crippen LogP contribution in [-0.4, -0.2) is 44.9 Å². The van der Waals surface area contributed by atoms with Crippen LogP contribution in [-0.2, 0) is 11.2 Å². The van der Waals surface area contributed by atoms with Crippen molar-refractivity contribution in [3.63, 3.8) is 0 Å². The summed E-state index contributed by atoms with van der Waals surface area (Å²) in [4.78, 5) is 17.1. The van der Waals surface area contributed by atoms with Crippen molar-refractivity contribution >= 4 is 16.9 Å². The van der Waals surface area contributed by atoms with E-state index < -0.39 is 12.2 Å². The van der Waals surface area contributed by atoms with Crippen LogP contribution in [0.4, 0.5) is 0 Å². The van der Waals surface area contributed by atoms with Gasteiger partial charge in [-0.25, -0.2) is 0 Å². The third-order valence-corrected chi connectivity index (χ3v) is 6.47. The van der Waals surface area contributed by atoms with Gasteiger partial charge in [-0.3, -0.25) is 9.69 Å². The van der Waals surface area contributed by atoms with Crippen molar-refractivity contribution < 1.29 is 15.0 Å². The predicted octanol–water partition coefficient (Wildman–Crippen LogP) is 3.38. The van der Waals surface area contributed by atoms with Crippen molar-refractivity contribution in [1.82, 2.24) is 9.88 Å². The average molecular weight is 356 g/mol. The van der Waals surface area contributed by atoms with Gasteiger partial charge in [-0.1, -0.05) is 31.0 Å². The number of aromatic nitrogens is 1. The molecule has 0 spiro atoms. The summed E-state index contributed by atoms with van der Waals surface area (Å²) in [5, 5.41) is 21.6. The topological polar surface area (TPSA) is 76.6 Å². The molecule has 1 aromatic heterocycles. The van der Waals surface area contributed by atoms with Crippen LogP contribution < -0.4 is 0 Å². The Balaban J connectivity index is 1.44. The Labute approximate surface area is 154 Å². The molecule has 5 nitrogen and oxygen atoms in total. The number of carbonyl (C=O) groups is 1. The van der Waals surface area contributed by atoms with Crippen LogP contribution in [0.2, 0.25) is 0 Å². The number of carboxylic acids is 1. The molecule has 2 aromatic rings. The Kier molecular flexibility index (Phi) is 5.00. The molecule has 1 saturated carbocycles. The number of rotatable bonds is 5. The number of likely N-dealkylation sites (tertiary alicyclic amines) is 1. The summed E-state index contributed by atoms with van der Waals surface area (Å²) in [5.41, 5.74) is 2.37. The number of nitrogens with one attached hydrogen (secondary N) is 1. The lowest BCUT2D eigenvalue weighted by Crippen LogP contribution is -2.55. The van der Waals surface area contributed by atoms with Gasteiger partial charge < -0.3 is 15.2 Å². The number of aromatic amines is 1. The van der Waals surface area contributed by atoms with E-state index in [1.165, 1.54) is 10.9 Å². The molecule has 1 saturated heterocycles. The van der Waals surface area contributed by atoms with E-state index in [4.69, 9.17) is 0 Å². The van der Waals surface area contributed by atoms with E-state index in [0.717, 1.165) is 37.6 Å². The smallest absolute Gasteiger partial charge is 0.306 e. The fourth-order valence-electron chi connectivity index (χ4n) is 5.15. The minimum Gasteiger partial charge on any atom is -0.481 e. The summed E-state index contributed by atoms with van der Waals surface area (Å²) in [6.45, 7) is 0.688. The summed E-state index contributed by atoms with van der Waals surface area (Å²) in [6.07, 6.45) is 7.95. The van der Waals surface area contributed by atoms with Crippen molar-refractivity contribution in [3.8, 4) is 0 Å². The summed E-state index contributed by atoms with van der Waals surface area (Å²) >= 11 is 0. The first kappa shape index (κ1) is 17.6. The lowest BCUT2D eigenvalue weighted by Gasteiger charge is -2.48. The number of aliphatic carboxylic acids is 1. The van der Waals surface area contributed by atoms with Gasteiger partial charge in [0, 0.05) is 29.7 Å². The summed E-state index contributed by atoms with van der Waals surface area (Å²) < 4.78 is 0. The molecule has 3 N–H and O–H groups in total. The van der Waals surface area contributed by atoms with Gasteiger partial charge in [-0.2, -0.15) is 0 Å². The molecule has 2 aliphatic rings. The number of aliphatic hydroxyl groups is 1. The summed E-state index contributed by atoms with van der Waals surface area (Å²) in [6, 6.07) is 8.46. The van der Waals surface area contributed by atoms with Gasteiger partial charge in [-0.05, 0) is 49.7 Å². The second kappa shape index (κ2) is 7.41. The van der Waals surface area contributed by atoms with Crippen LogP contribution in [0.25, 0.3) is 10.9 Å². The Morgan fingerprint density at radius 2 is 2.04 bits per heavy atom. The zero-order valence-corrected chi connectivity index (χ0v) is 15.1. The van der Waals surface area contributed by atoms with Crippen molar-refractivity contribution in [2.45, 2.75) is 57.2 Å². The maximum atomic E-state index is 11.6. The number of hydrogen-bond donors (Lipinski definition) is 3. The van der Waals surface area contributed by atoms with Gasteiger partial charge in [0.05, 0.1) is 5.92 Å². The highest BCUT2D eigenvalue weighted by atomic mass is 16.4. The molecule has 4 atom stereocenters. The fraction of sp³-hybridized carbons (Fsp3) is 0.571. The third-order valence-electron chi connectivity index (χ3n) is 6.47. The molecule has 4 rings (SSSR count). The van der Waals surface area contributed by atoms with Crippen LogP contribution in [0.1, 0.15) is 44.1 Å². The quantitative estimate of drug-likeness (QED) is 0.767. The number of aryl methyl sites for hydroxylation is 1. The van der Waals surface area contributed by atoms with E-state index in [-0.39, 0.29) is 17.9 Å². The van der Waals surface area contributed by atoms with E-state index in [0.29, 0.717) is 19.4 Å². The number of para-hydroxylation sites is 1. The number of carboxylic acid groups (broad SMARTS) is 1. The molecular formula is C21H28N2O3. The number of piperidine rings is 1. The van der Waals surface area contributed by atoms with Gasteiger partial charge >= 0.3 is 5.97 Å². The minimum absolute atomic E-state index is 0.192. The molecule has 4 unspecified atom stereocenters. The molecule has 0 amide bonds. The Bertz CT molecular complexity index is 771. The fourth-order valence-corrected chi connectivity index (χ4v) is 5.15. The molecule has 1 aromatic carbocycles. The van der Waals surface area contributed by atoms with Crippen LogP contribution >= 0.6 is 0 Å². The van der Waals surface area contributed by atoms with E-state index >= 15 is 0 Å². The summed E-state index contributed by atoms with van der Waals surface area (Å²) in [7, 11) is 0. The first-order chi connectivity index (χ1) is 12.6. The number of fused-ring (bicyclic) bond motifs is 2. The van der Waals surface area contributed by atoms with E-state index in [9.17, 15) is 15.0 Å². The highest BCUT2D eigenvalue weighted by Gasteiger charge is 2.44. The highest BCUT2D eigenvalue weighted by molar-refractivity contribution is 5.83. The second-order valence-electron chi connectivity index (χ2n) is 7.87. The lowest BCUT2D eigenvalue weighted by atomic mass is 9.71. The highest BCUT2D eigenvalue weighted by Crippen LogP contribution is 2.40. The predicted molar refractivity (Wildman–Crippen MR) is 101 cm³/mol. The Morgan fingerprint density at radius 3 is 2.88 bits per heavy atom. The first-order valence-corrected chi connectivity index (χ1v) is 9.87. The second-order valence-corrected chi connectivity index (χ2v) is 7.87. The maximum Gasteiger partial charge on any atom is 0.306 e. The molecule has 2 heterocycles. The van der Waals surface area contributed by atoms with Crippen molar-refractivity contribution in [3.05, 3.63) is 36.0 Å². The van der Waals surface area contributed by atoms with Crippen molar-refractivity contribution in [2.24, 2.45) is 11.8 Å². The molecule has 140 valence electrons. The normalized spacial score (nSPS) is 28.0. The number of hydrogen-bond acceptors (Lipinski definition) is 3. The van der Waals surface area contributed by atoms with Crippen LogP contribution in [0.15, 0.2) is 30.5 Å². The van der Waals surface area contributed by atoms with Gasteiger partial charge in [0.1, 0.15) is 6.23 Å². The van der Waals surface area contributed by atoms with Crippen molar-refractivity contribution in [2.75, 3.05) is 6.54 Å². The largest absolute Gasteiger partial charge is 0.481 e. The molecule has 5 heteroatoms. The number of benzene rings is 1. The van der Waals surface area contributed by atoms with Crippen LogP contribution in [0, 0.1) is 11.8 Å². The van der Waals surface area contributed by atoms with E-state index in [1.807, 2.05) is 18.3 Å². The molecule has 26 heavy (non-hydrogen) atoms. The minimum atomic E-state index is -0.658. The molecule has 0 bridgehead atoms. The summed E-state index contributed by atoms with van der Waals surface area (Å²) in [5.74, 6) is -0.704. The van der Waals surface area contributed by atoms with E-state index in [1.54, 1.807) is 0 Å². The third kappa shape index (κ3) is 3.26. The lowest BCUT2D eigenvalue weighted by molar-refractivity contribution is -0.153. The zero-order valence-electron chi connectivity index (χ0n) is 15.1. The number of aliphatic hydroxyl groups excluding tert-OH is 1. The zero-order chi connectivity index (χ0) is 18.1. The van der Waals surface area contributed by atoms with Crippen molar-refractivity contribution in [1.29, 1.82) is 0 Å². The van der Waals surface area contributed by atoms with Gasteiger partial charge in [0.25, 0.3) is 0 Å². The van der Waals surface area contributed by atoms with Crippen LogP contribution in [0.3, 0.4) is 0 Å². The van der Waals surface area contributed by atoms with Crippen LogP contribution in [0.5, 0.6) is 0 Å². The Morgan fingerprint density at radius 1 is 1.23 bits per heavy atom. The van der Waals surface area contributed by atoms with Gasteiger partial charge in [-0.15, -0.1) is 0 Å². The average Bonchev–Trinajstić information content (AvgIpc) is 3.08. The molecule has 0 radical (unpaired) electrons. The monoisotopic (exact) mass is 356 g/mol. The molecule has 2 fully saturated rings. The standard InChI is InChI=1S/C21H28N2O3/c24-20(10-9-14-13-22-18-7-3-1-5-15(14)18)23-12-11-17(21(25)26)16-6-2-4-8-19(16)23/h1,3,5,7,13,16-17,19-20,22,24H,2,4,6,8-12H2,(H,25,26). The molecule has 1 aliphatic carbocycles. The Hall–Kier alpha value is -1.85. The van der Waals surface area contributed by atoms with E-state index in [2.05, 4.69) is 22.0 Å². The SMILES string of the molecule is O=C(O)C1CCN(C(O)CCc2c[nH]c3ccccc23)C2CCCCC12. The number of H-pyrrole nitrogens is 1. The number of nitrogens with zero attached hydrogens (tertiary/aromatic N) is 1. The molecular weight excluding hydrogens is 328 g/mol. The molecule has 1 aliphatic heterocycles. The van der Waals surface area contributed by atoms with Gasteiger partial charge in [0.15, 0.2) is 0 Å². The maximum absolute atomic E-state index is 11.6. The van der Waals surface area contributed by atoms with Gasteiger partial charge in [0.2, 0.25) is 0 Å². The first-order valence-electron chi connectivity index (χ1n) is 9.87.